The van der Waals surface area contributed by atoms with Gasteiger partial charge in [0.05, 0.1) is 16.4 Å². The van der Waals surface area contributed by atoms with E-state index in [0.29, 0.717) is 0 Å². The van der Waals surface area contributed by atoms with E-state index in [0.717, 1.165) is 11.3 Å². The van der Waals surface area contributed by atoms with E-state index < -0.39 is 0 Å². The molecule has 2 nitrogen and oxygen atoms in total. The molecule has 1 saturated carbocycles. The summed E-state index contributed by atoms with van der Waals surface area (Å²) in [5, 5.41) is -0.0550. The van der Waals surface area contributed by atoms with E-state index in [1.807, 2.05) is 6.92 Å². The minimum atomic E-state index is -0.0550. The number of hydrogen-bond acceptors (Lipinski definition) is 1. The molecule has 108 valence electrons. The highest BCUT2D eigenvalue weighted by Crippen LogP contribution is 2.40. The second-order valence-corrected chi connectivity index (χ2v) is 7.08. The molecular weight excluding hydrogens is 268 g/mol. The third-order valence-corrected chi connectivity index (χ3v) is 4.93. The van der Waals surface area contributed by atoms with E-state index in [-0.39, 0.29) is 10.9 Å². The summed E-state index contributed by atoms with van der Waals surface area (Å²) in [6.07, 6.45) is 6.41. The lowest BCUT2D eigenvalue weighted by Crippen LogP contribution is -2.34. The molecule has 1 aromatic carbocycles. The summed E-state index contributed by atoms with van der Waals surface area (Å²) in [7, 11) is 0. The van der Waals surface area contributed by atoms with Crippen LogP contribution in [-0.4, -0.2) is 9.55 Å². The molecule has 1 aromatic heterocycles. The maximum absolute atomic E-state index is 6.43. The predicted molar refractivity (Wildman–Crippen MR) is 85.5 cm³/mol. The van der Waals surface area contributed by atoms with E-state index in [1.165, 1.54) is 43.2 Å². The van der Waals surface area contributed by atoms with E-state index >= 15 is 0 Å². The van der Waals surface area contributed by atoms with Gasteiger partial charge in [-0.15, -0.1) is 11.6 Å². The van der Waals surface area contributed by atoms with Crippen molar-refractivity contribution in [2.45, 2.75) is 63.8 Å². The molecule has 0 bridgehead atoms. The molecule has 1 heterocycles. The van der Waals surface area contributed by atoms with Crippen molar-refractivity contribution in [3.05, 3.63) is 29.6 Å². The predicted octanol–water partition coefficient (Wildman–Crippen LogP) is 5.32. The van der Waals surface area contributed by atoms with Crippen LogP contribution in [0.3, 0.4) is 0 Å². The summed E-state index contributed by atoms with van der Waals surface area (Å²) < 4.78 is 2.45. The molecule has 0 saturated heterocycles. The lowest BCUT2D eigenvalue weighted by atomic mass is 9.82. The quantitative estimate of drug-likeness (QED) is 0.684. The van der Waals surface area contributed by atoms with Gasteiger partial charge in [-0.1, -0.05) is 31.4 Å². The van der Waals surface area contributed by atoms with Crippen molar-refractivity contribution >= 4 is 22.6 Å². The van der Waals surface area contributed by atoms with Crippen molar-refractivity contribution in [2.24, 2.45) is 0 Å². The lowest BCUT2D eigenvalue weighted by molar-refractivity contribution is 0.219. The second-order valence-electron chi connectivity index (χ2n) is 6.42. The Morgan fingerprint density at radius 2 is 1.95 bits per heavy atom. The van der Waals surface area contributed by atoms with Gasteiger partial charge in [0, 0.05) is 5.54 Å². The Morgan fingerprint density at radius 3 is 2.60 bits per heavy atom. The third kappa shape index (κ3) is 2.14. The van der Waals surface area contributed by atoms with Crippen LogP contribution in [0.2, 0.25) is 0 Å². The Balaban J connectivity index is 2.28. The number of alkyl halides is 1. The van der Waals surface area contributed by atoms with Crippen LogP contribution in [0.4, 0.5) is 0 Å². The molecule has 1 atom stereocenters. The first kappa shape index (κ1) is 13.9. The summed E-state index contributed by atoms with van der Waals surface area (Å²) in [5.74, 6) is 1.03. The topological polar surface area (TPSA) is 17.8 Å². The van der Waals surface area contributed by atoms with Gasteiger partial charge in [-0.25, -0.2) is 4.98 Å². The Kier molecular flexibility index (Phi) is 3.53. The number of imidazole rings is 1. The molecule has 3 rings (SSSR count). The molecule has 2 aromatic rings. The highest BCUT2D eigenvalue weighted by Gasteiger charge is 2.33. The molecule has 0 amide bonds. The molecule has 0 N–H and O–H groups in total. The minimum absolute atomic E-state index is 0.0550. The molecule has 20 heavy (non-hydrogen) atoms. The van der Waals surface area contributed by atoms with E-state index in [9.17, 15) is 0 Å². The van der Waals surface area contributed by atoms with Gasteiger partial charge in [0.25, 0.3) is 0 Å². The zero-order valence-corrected chi connectivity index (χ0v) is 13.4. The Labute approximate surface area is 126 Å². The second kappa shape index (κ2) is 5.07. The van der Waals surface area contributed by atoms with Crippen molar-refractivity contribution in [3.63, 3.8) is 0 Å². The lowest BCUT2D eigenvalue weighted by Gasteiger charge is -2.37. The zero-order chi connectivity index (χ0) is 14.3. The van der Waals surface area contributed by atoms with Crippen molar-refractivity contribution in [1.82, 2.24) is 9.55 Å². The summed E-state index contributed by atoms with van der Waals surface area (Å²) in [5.41, 5.74) is 3.82. The number of fused-ring (bicyclic) bond motifs is 1. The fraction of sp³-hybridized carbons (Fsp3) is 0.588. The number of aromatic nitrogens is 2. The van der Waals surface area contributed by atoms with Gasteiger partial charge in [0.1, 0.15) is 5.82 Å². The fourth-order valence-electron chi connectivity index (χ4n) is 3.66. The van der Waals surface area contributed by atoms with Crippen molar-refractivity contribution in [1.29, 1.82) is 0 Å². The number of rotatable bonds is 2. The van der Waals surface area contributed by atoms with Crippen molar-refractivity contribution < 1.29 is 0 Å². The first-order valence-corrected chi connectivity index (χ1v) is 8.09. The maximum Gasteiger partial charge on any atom is 0.128 e. The van der Waals surface area contributed by atoms with Gasteiger partial charge >= 0.3 is 0 Å². The van der Waals surface area contributed by atoms with Crippen LogP contribution in [0, 0.1) is 6.92 Å². The summed E-state index contributed by atoms with van der Waals surface area (Å²) in [6, 6.07) is 6.37. The largest absolute Gasteiger partial charge is 0.321 e. The van der Waals surface area contributed by atoms with Crippen LogP contribution in [0.15, 0.2) is 18.2 Å². The molecule has 0 aliphatic heterocycles. The van der Waals surface area contributed by atoms with Crippen LogP contribution in [0.1, 0.15) is 62.7 Å². The number of para-hydroxylation sites is 1. The molecule has 1 aliphatic rings. The van der Waals surface area contributed by atoms with E-state index in [1.54, 1.807) is 0 Å². The van der Waals surface area contributed by atoms with Gasteiger partial charge in [-0.05, 0) is 45.2 Å². The third-order valence-electron chi connectivity index (χ3n) is 4.73. The highest BCUT2D eigenvalue weighted by molar-refractivity contribution is 6.20. The average Bonchev–Trinajstić information content (AvgIpc) is 2.81. The van der Waals surface area contributed by atoms with Crippen molar-refractivity contribution in [3.8, 4) is 0 Å². The van der Waals surface area contributed by atoms with Crippen LogP contribution in [-0.2, 0) is 5.54 Å². The number of aryl methyl sites for hydroxylation is 1. The van der Waals surface area contributed by atoms with Gasteiger partial charge in [-0.2, -0.15) is 0 Å². The first-order chi connectivity index (χ1) is 9.53. The average molecular weight is 291 g/mol. The van der Waals surface area contributed by atoms with Crippen molar-refractivity contribution in [2.75, 3.05) is 0 Å². The highest BCUT2D eigenvalue weighted by atomic mass is 35.5. The minimum Gasteiger partial charge on any atom is -0.321 e. The Bertz CT molecular complexity index is 621. The maximum atomic E-state index is 6.43. The standard InChI is InChI=1S/C17H23ClN2/c1-12-8-7-9-14-15(12)20(16(19-14)13(2)18)17(3)10-5-4-6-11-17/h7-9,13H,4-6,10-11H2,1-3H3. The van der Waals surface area contributed by atoms with Gasteiger partial charge < -0.3 is 4.57 Å². The molecule has 1 aliphatic carbocycles. The van der Waals surface area contributed by atoms with E-state index in [4.69, 9.17) is 16.6 Å². The van der Waals surface area contributed by atoms with Crippen LogP contribution in [0.25, 0.3) is 11.0 Å². The monoisotopic (exact) mass is 290 g/mol. The molecule has 3 heteroatoms. The van der Waals surface area contributed by atoms with Gasteiger partial charge in [0.15, 0.2) is 0 Å². The smallest absolute Gasteiger partial charge is 0.128 e. The molecule has 1 unspecified atom stereocenters. The molecular formula is C17H23ClN2. The van der Waals surface area contributed by atoms with Crippen LogP contribution < -0.4 is 0 Å². The zero-order valence-electron chi connectivity index (χ0n) is 12.6. The van der Waals surface area contributed by atoms with Gasteiger partial charge in [0.2, 0.25) is 0 Å². The molecule has 0 radical (unpaired) electrons. The fourth-order valence-corrected chi connectivity index (χ4v) is 3.81. The number of hydrogen-bond donors (Lipinski definition) is 0. The SMILES string of the molecule is Cc1cccc2nc(C(C)Cl)n(C3(C)CCCCC3)c12. The summed E-state index contributed by atoms with van der Waals surface area (Å²) in [6.45, 7) is 6.58. The van der Waals surface area contributed by atoms with Crippen LogP contribution in [0.5, 0.6) is 0 Å². The molecule has 0 spiro atoms. The Hall–Kier alpha value is -1.02. The van der Waals surface area contributed by atoms with Crippen LogP contribution >= 0.6 is 11.6 Å². The first-order valence-electron chi connectivity index (χ1n) is 7.65. The number of benzene rings is 1. The van der Waals surface area contributed by atoms with E-state index in [2.05, 4.69) is 36.6 Å². The number of nitrogens with zero attached hydrogens (tertiary/aromatic N) is 2. The summed E-state index contributed by atoms with van der Waals surface area (Å²) in [4.78, 5) is 4.82. The Morgan fingerprint density at radius 1 is 1.25 bits per heavy atom. The number of halogens is 1. The van der Waals surface area contributed by atoms with Gasteiger partial charge in [-0.3, -0.25) is 0 Å². The summed E-state index contributed by atoms with van der Waals surface area (Å²) >= 11 is 6.43. The molecule has 1 fully saturated rings. The normalized spacial score (nSPS) is 20.2.